The van der Waals surface area contributed by atoms with Crippen LogP contribution in [0.2, 0.25) is 5.02 Å². The van der Waals surface area contributed by atoms with E-state index in [1.807, 2.05) is 13.8 Å². The third kappa shape index (κ3) is 3.81. The topological polar surface area (TPSA) is 61.5 Å². The van der Waals surface area contributed by atoms with Crippen LogP contribution in [0.1, 0.15) is 31.1 Å². The first-order chi connectivity index (χ1) is 8.45. The Kier molecular flexibility index (Phi) is 5.28. The summed E-state index contributed by atoms with van der Waals surface area (Å²) in [5, 5.41) is 0.291. The van der Waals surface area contributed by atoms with Crippen LogP contribution in [-0.2, 0) is 4.74 Å². The lowest BCUT2D eigenvalue weighted by Crippen LogP contribution is -2.09. The Labute approximate surface area is 112 Å². The molecule has 0 heterocycles. The van der Waals surface area contributed by atoms with E-state index in [1.165, 1.54) is 6.07 Å². The maximum atomic E-state index is 11.6. The normalized spacial score (nSPS) is 10.5. The van der Waals surface area contributed by atoms with Gasteiger partial charge < -0.3 is 15.2 Å². The largest absolute Gasteiger partial charge is 0.491 e. The van der Waals surface area contributed by atoms with Gasteiger partial charge in [0.15, 0.2) is 0 Å². The lowest BCUT2D eigenvalue weighted by atomic mass is 10.2. The maximum absolute atomic E-state index is 11.6. The summed E-state index contributed by atoms with van der Waals surface area (Å²) in [6.45, 7) is 6.60. The number of nitrogen functional groups attached to an aromatic ring is 1. The number of esters is 1. The van der Waals surface area contributed by atoms with Crippen molar-refractivity contribution in [1.29, 1.82) is 0 Å². The van der Waals surface area contributed by atoms with Crippen molar-refractivity contribution >= 4 is 23.3 Å². The van der Waals surface area contributed by atoms with Gasteiger partial charge in [-0.25, -0.2) is 4.79 Å². The first kappa shape index (κ1) is 14.6. The number of hydrogen-bond acceptors (Lipinski definition) is 4. The number of carbonyl (C=O) groups excluding carboxylic acids is 1. The molecular formula is C13H18ClNO3. The van der Waals surface area contributed by atoms with E-state index in [0.29, 0.717) is 41.2 Å². The average Bonchev–Trinajstić information content (AvgIpc) is 2.31. The standard InChI is InChI=1S/C13H18ClNO3/c1-4-17-13(16)9-5-10(14)12(15)11(6-9)18-7-8(2)3/h5-6,8H,4,7,15H2,1-3H3. The fourth-order valence-electron chi connectivity index (χ4n) is 1.30. The molecule has 1 rings (SSSR count). The Morgan fingerprint density at radius 3 is 2.67 bits per heavy atom. The lowest BCUT2D eigenvalue weighted by Gasteiger charge is -2.13. The molecule has 1 aromatic carbocycles. The van der Waals surface area contributed by atoms with Gasteiger partial charge >= 0.3 is 5.97 Å². The first-order valence-corrected chi connectivity index (χ1v) is 6.22. The minimum atomic E-state index is -0.436. The fraction of sp³-hybridized carbons (Fsp3) is 0.462. The number of nitrogens with two attached hydrogens (primary N) is 1. The predicted octanol–water partition coefficient (Wildman–Crippen LogP) is 3.13. The minimum absolute atomic E-state index is 0.291. The molecule has 0 bridgehead atoms. The molecule has 0 aliphatic heterocycles. The van der Waals surface area contributed by atoms with Gasteiger partial charge in [-0.05, 0) is 25.0 Å². The van der Waals surface area contributed by atoms with E-state index in [0.717, 1.165) is 0 Å². The first-order valence-electron chi connectivity index (χ1n) is 5.84. The van der Waals surface area contributed by atoms with Gasteiger partial charge in [0.1, 0.15) is 5.75 Å². The number of halogens is 1. The number of benzene rings is 1. The van der Waals surface area contributed by atoms with Gasteiger partial charge in [-0.2, -0.15) is 0 Å². The molecule has 0 aromatic heterocycles. The van der Waals surface area contributed by atoms with Crippen LogP contribution in [0.4, 0.5) is 5.69 Å². The van der Waals surface area contributed by atoms with Gasteiger partial charge in [0, 0.05) is 0 Å². The SMILES string of the molecule is CCOC(=O)c1cc(Cl)c(N)c(OCC(C)C)c1. The molecule has 0 saturated carbocycles. The molecule has 0 unspecified atom stereocenters. The van der Waals surface area contributed by atoms with Crippen molar-refractivity contribution in [1.82, 2.24) is 0 Å². The van der Waals surface area contributed by atoms with Crippen LogP contribution in [0.5, 0.6) is 5.75 Å². The van der Waals surface area contributed by atoms with Crippen molar-refractivity contribution in [2.24, 2.45) is 5.92 Å². The molecule has 0 radical (unpaired) electrons. The molecule has 2 N–H and O–H groups in total. The molecule has 0 atom stereocenters. The van der Waals surface area contributed by atoms with Crippen LogP contribution in [0.3, 0.4) is 0 Å². The van der Waals surface area contributed by atoms with Gasteiger partial charge in [0.05, 0.1) is 29.5 Å². The highest BCUT2D eigenvalue weighted by atomic mass is 35.5. The number of carbonyl (C=O) groups is 1. The number of ether oxygens (including phenoxy) is 2. The van der Waals surface area contributed by atoms with Crippen molar-refractivity contribution < 1.29 is 14.3 Å². The van der Waals surface area contributed by atoms with E-state index >= 15 is 0 Å². The molecule has 0 amide bonds. The number of hydrogen-bond donors (Lipinski definition) is 1. The molecular weight excluding hydrogens is 254 g/mol. The van der Waals surface area contributed by atoms with Crippen molar-refractivity contribution in [3.63, 3.8) is 0 Å². The number of rotatable bonds is 5. The van der Waals surface area contributed by atoms with Crippen molar-refractivity contribution in [3.05, 3.63) is 22.7 Å². The van der Waals surface area contributed by atoms with E-state index < -0.39 is 5.97 Å². The second-order valence-corrected chi connectivity index (χ2v) is 4.70. The summed E-state index contributed by atoms with van der Waals surface area (Å²) in [7, 11) is 0. The quantitative estimate of drug-likeness (QED) is 0.660. The molecule has 0 aliphatic rings. The Bertz CT molecular complexity index is 432. The van der Waals surface area contributed by atoms with E-state index in [9.17, 15) is 4.79 Å². The molecule has 0 spiro atoms. The smallest absolute Gasteiger partial charge is 0.338 e. The summed E-state index contributed by atoms with van der Waals surface area (Å²) in [5.41, 5.74) is 6.48. The van der Waals surface area contributed by atoms with Crippen LogP contribution in [0.25, 0.3) is 0 Å². The Morgan fingerprint density at radius 1 is 1.44 bits per heavy atom. The molecule has 5 heteroatoms. The van der Waals surface area contributed by atoms with Crippen LogP contribution in [0.15, 0.2) is 12.1 Å². The zero-order valence-corrected chi connectivity index (χ0v) is 11.6. The molecule has 0 aliphatic carbocycles. The zero-order valence-electron chi connectivity index (χ0n) is 10.8. The van der Waals surface area contributed by atoms with Crippen LogP contribution < -0.4 is 10.5 Å². The second kappa shape index (κ2) is 6.50. The van der Waals surface area contributed by atoms with Crippen LogP contribution >= 0.6 is 11.6 Å². The Hall–Kier alpha value is -1.42. The summed E-state index contributed by atoms with van der Waals surface area (Å²) >= 11 is 5.97. The summed E-state index contributed by atoms with van der Waals surface area (Å²) in [6, 6.07) is 3.04. The van der Waals surface area contributed by atoms with E-state index in [1.54, 1.807) is 13.0 Å². The Balaban J connectivity index is 2.98. The predicted molar refractivity (Wildman–Crippen MR) is 72.2 cm³/mol. The highest BCUT2D eigenvalue weighted by molar-refractivity contribution is 6.33. The monoisotopic (exact) mass is 271 g/mol. The van der Waals surface area contributed by atoms with E-state index in [-0.39, 0.29) is 0 Å². The molecule has 100 valence electrons. The molecule has 4 nitrogen and oxygen atoms in total. The van der Waals surface area contributed by atoms with Gasteiger partial charge in [0.2, 0.25) is 0 Å². The van der Waals surface area contributed by atoms with Crippen molar-refractivity contribution in [2.45, 2.75) is 20.8 Å². The summed E-state index contributed by atoms with van der Waals surface area (Å²) in [4.78, 5) is 11.6. The third-order valence-electron chi connectivity index (χ3n) is 2.17. The van der Waals surface area contributed by atoms with Gasteiger partial charge in [-0.1, -0.05) is 25.4 Å². The summed E-state index contributed by atoms with van der Waals surface area (Å²) in [5.74, 6) is 0.336. The van der Waals surface area contributed by atoms with Crippen molar-refractivity contribution in [3.8, 4) is 5.75 Å². The molecule has 18 heavy (non-hydrogen) atoms. The second-order valence-electron chi connectivity index (χ2n) is 4.30. The third-order valence-corrected chi connectivity index (χ3v) is 2.49. The molecule has 0 fully saturated rings. The van der Waals surface area contributed by atoms with E-state index in [2.05, 4.69) is 0 Å². The number of anilines is 1. The van der Waals surface area contributed by atoms with Crippen LogP contribution in [-0.4, -0.2) is 19.2 Å². The van der Waals surface area contributed by atoms with Gasteiger partial charge in [-0.3, -0.25) is 0 Å². The van der Waals surface area contributed by atoms with Gasteiger partial charge in [-0.15, -0.1) is 0 Å². The highest BCUT2D eigenvalue weighted by Crippen LogP contribution is 2.31. The Morgan fingerprint density at radius 2 is 2.11 bits per heavy atom. The molecule has 0 saturated heterocycles. The van der Waals surface area contributed by atoms with Gasteiger partial charge in [0.25, 0.3) is 0 Å². The van der Waals surface area contributed by atoms with E-state index in [4.69, 9.17) is 26.8 Å². The van der Waals surface area contributed by atoms with Crippen LogP contribution in [0, 0.1) is 5.92 Å². The summed E-state index contributed by atoms with van der Waals surface area (Å²) in [6.07, 6.45) is 0. The minimum Gasteiger partial charge on any atom is -0.491 e. The zero-order chi connectivity index (χ0) is 13.7. The van der Waals surface area contributed by atoms with Crippen molar-refractivity contribution in [2.75, 3.05) is 18.9 Å². The summed E-state index contributed by atoms with van der Waals surface area (Å²) < 4.78 is 10.4. The lowest BCUT2D eigenvalue weighted by molar-refractivity contribution is 0.0526. The molecule has 1 aromatic rings. The average molecular weight is 272 g/mol. The highest BCUT2D eigenvalue weighted by Gasteiger charge is 2.14. The maximum Gasteiger partial charge on any atom is 0.338 e. The fourth-order valence-corrected chi connectivity index (χ4v) is 1.51.